The number of aromatic nitrogens is 3. The summed E-state index contributed by atoms with van der Waals surface area (Å²) in [5.74, 6) is 0. The second-order valence-corrected chi connectivity index (χ2v) is 15.4. The summed E-state index contributed by atoms with van der Waals surface area (Å²) < 4.78 is 74.2. The predicted molar refractivity (Wildman–Crippen MR) is 256 cm³/mol. The Labute approximate surface area is 403 Å². The van der Waals surface area contributed by atoms with Crippen molar-refractivity contribution in [3.05, 3.63) is 233 Å². The van der Waals surface area contributed by atoms with Gasteiger partial charge in [-0.25, -0.2) is 0 Å². The molecule has 0 atom stereocenters. The second-order valence-electron chi connectivity index (χ2n) is 15.4. The third kappa shape index (κ3) is 9.91. The van der Waals surface area contributed by atoms with E-state index >= 15 is 0 Å². The van der Waals surface area contributed by atoms with Crippen LogP contribution >= 0.6 is 0 Å². The summed E-state index contributed by atoms with van der Waals surface area (Å²) in [4.78, 5) is 13.4. The topological polar surface area (TPSA) is 62.5 Å². The SMILES string of the molecule is [2H]C([2H])([2H])c1ccc(-c2[c-]cc(-c3ccccc3-c3cc(CCc4c[c-]c(-c5ccccn5)cc4)cc(CCc4c[c-]c(-c5ccccn5)cc4)c3)c(-c3cc(C([2H])([2H])[2H])c(C#N)c(C([2H])([2H])[2H])c3)c2)nc1.[Ir+3]. The molecule has 310 valence electrons. The molecule has 9 rings (SSSR count). The number of rotatable bonds is 12. The van der Waals surface area contributed by atoms with Gasteiger partial charge in [-0.05, 0) is 107 Å². The predicted octanol–water partition coefficient (Wildman–Crippen LogP) is 13.6. The van der Waals surface area contributed by atoms with Crippen LogP contribution in [0.5, 0.6) is 0 Å². The first-order valence-electron chi connectivity index (χ1n) is 25.2. The van der Waals surface area contributed by atoms with Gasteiger partial charge in [0.1, 0.15) is 0 Å². The quantitative estimate of drug-likeness (QED) is 0.114. The maximum absolute atomic E-state index is 10.2. The van der Waals surface area contributed by atoms with Crippen LogP contribution in [0.15, 0.2) is 170 Å². The average molecular weight is 1010 g/mol. The Morgan fingerprint density at radius 2 is 1.05 bits per heavy atom. The molecule has 5 heteroatoms. The summed E-state index contributed by atoms with van der Waals surface area (Å²) in [6, 6.07) is 59.8. The van der Waals surface area contributed by atoms with Crippen LogP contribution in [-0.4, -0.2) is 15.0 Å². The summed E-state index contributed by atoms with van der Waals surface area (Å²) in [5.41, 5.74) is 11.7. The zero-order chi connectivity index (χ0) is 50.6. The van der Waals surface area contributed by atoms with Crippen LogP contribution in [0.4, 0.5) is 0 Å². The zero-order valence-electron chi connectivity index (χ0n) is 43.6. The van der Waals surface area contributed by atoms with Crippen LogP contribution in [0.1, 0.15) is 56.8 Å². The average Bonchev–Trinajstić information content (AvgIpc) is 3.39. The number of hydrogen-bond donors (Lipinski definition) is 0. The number of pyridine rings is 3. The third-order valence-corrected chi connectivity index (χ3v) is 11.2. The number of hydrogen-bond acceptors (Lipinski definition) is 4. The van der Waals surface area contributed by atoms with Gasteiger partial charge in [0.15, 0.2) is 0 Å². The van der Waals surface area contributed by atoms with Crippen LogP contribution in [0.25, 0.3) is 67.2 Å². The van der Waals surface area contributed by atoms with E-state index in [2.05, 4.69) is 63.5 Å². The number of nitriles is 1. The van der Waals surface area contributed by atoms with Crippen LogP contribution in [-0.2, 0) is 45.8 Å². The van der Waals surface area contributed by atoms with Gasteiger partial charge < -0.3 is 15.0 Å². The van der Waals surface area contributed by atoms with Gasteiger partial charge in [-0.1, -0.05) is 121 Å². The van der Waals surface area contributed by atoms with Crippen LogP contribution in [0.2, 0.25) is 0 Å². The van der Waals surface area contributed by atoms with Crippen molar-refractivity contribution in [2.24, 2.45) is 0 Å². The fourth-order valence-corrected chi connectivity index (χ4v) is 7.91. The van der Waals surface area contributed by atoms with Crippen molar-refractivity contribution in [3.8, 4) is 73.2 Å². The van der Waals surface area contributed by atoms with Crippen molar-refractivity contribution in [1.82, 2.24) is 15.0 Å². The molecule has 0 aliphatic heterocycles. The summed E-state index contributed by atoms with van der Waals surface area (Å²) in [6.45, 7) is -8.03. The van der Waals surface area contributed by atoms with Gasteiger partial charge in [0.05, 0.1) is 11.6 Å². The van der Waals surface area contributed by atoms with E-state index in [9.17, 15) is 5.26 Å². The summed E-state index contributed by atoms with van der Waals surface area (Å²) in [6.07, 6.45) is 7.80. The molecule has 64 heavy (non-hydrogen) atoms. The molecule has 0 unspecified atom stereocenters. The molecule has 0 saturated heterocycles. The molecular weight excluding hydrogens is 957 g/mol. The van der Waals surface area contributed by atoms with Crippen LogP contribution in [0, 0.1) is 50.1 Å². The Bertz CT molecular complexity index is 3270. The van der Waals surface area contributed by atoms with Gasteiger partial charge in [-0.3, -0.25) is 0 Å². The molecule has 9 aromatic rings. The molecule has 0 aliphatic carbocycles. The van der Waals surface area contributed by atoms with E-state index in [1.807, 2.05) is 91.0 Å². The summed E-state index contributed by atoms with van der Waals surface area (Å²) in [7, 11) is 0. The minimum absolute atomic E-state index is 0. The smallest absolute Gasteiger partial charge is 0.305 e. The fraction of sp³-hybridized carbons (Fsp3) is 0.119. The van der Waals surface area contributed by atoms with Gasteiger partial charge in [0.2, 0.25) is 0 Å². The molecule has 3 heterocycles. The van der Waals surface area contributed by atoms with Crippen molar-refractivity contribution < 1.29 is 32.4 Å². The minimum atomic E-state index is -2.83. The Kier molecular flexibility index (Phi) is 10.4. The molecule has 0 fully saturated rings. The Morgan fingerprint density at radius 1 is 0.484 bits per heavy atom. The third-order valence-electron chi connectivity index (χ3n) is 11.2. The van der Waals surface area contributed by atoms with Crippen molar-refractivity contribution in [3.63, 3.8) is 0 Å². The summed E-state index contributed by atoms with van der Waals surface area (Å²) in [5, 5.41) is 10.2. The minimum Gasteiger partial charge on any atom is -0.305 e. The van der Waals surface area contributed by atoms with Crippen LogP contribution in [0.3, 0.4) is 0 Å². The zero-order valence-corrected chi connectivity index (χ0v) is 37.0. The van der Waals surface area contributed by atoms with E-state index in [1.54, 1.807) is 30.6 Å². The number of nitrogens with zero attached hydrogens (tertiary/aromatic N) is 4. The van der Waals surface area contributed by atoms with E-state index < -0.39 is 26.1 Å². The molecule has 0 aliphatic rings. The van der Waals surface area contributed by atoms with E-state index in [0.717, 1.165) is 87.1 Å². The maximum Gasteiger partial charge on any atom is 3.00 e. The van der Waals surface area contributed by atoms with E-state index in [1.165, 1.54) is 24.4 Å². The second kappa shape index (κ2) is 20.0. The largest absolute Gasteiger partial charge is 3.00 e. The maximum atomic E-state index is 10.2. The van der Waals surface area contributed by atoms with E-state index in [-0.39, 0.29) is 42.4 Å². The molecule has 3 aromatic heterocycles. The van der Waals surface area contributed by atoms with Crippen LogP contribution < -0.4 is 0 Å². The molecule has 0 saturated carbocycles. The van der Waals surface area contributed by atoms with Crippen molar-refractivity contribution in [2.45, 2.75) is 46.2 Å². The molecule has 0 bridgehead atoms. The Morgan fingerprint density at radius 3 is 1.56 bits per heavy atom. The Balaban J connectivity index is 0.00000711. The number of aryl methyl sites for hydroxylation is 7. The van der Waals surface area contributed by atoms with E-state index in [0.29, 0.717) is 22.4 Å². The summed E-state index contributed by atoms with van der Waals surface area (Å²) >= 11 is 0. The first-order valence-corrected chi connectivity index (χ1v) is 20.7. The first kappa shape index (κ1) is 33.5. The molecule has 0 radical (unpaired) electrons. The molecule has 0 spiro atoms. The van der Waals surface area contributed by atoms with Gasteiger partial charge in [-0.15, -0.1) is 94.5 Å². The van der Waals surface area contributed by atoms with Gasteiger partial charge in [0.25, 0.3) is 0 Å². The normalized spacial score (nSPS) is 13.5. The van der Waals surface area contributed by atoms with Crippen molar-refractivity contribution >= 4 is 0 Å². The fourth-order valence-electron chi connectivity index (χ4n) is 7.91. The van der Waals surface area contributed by atoms with Crippen molar-refractivity contribution in [1.29, 1.82) is 5.26 Å². The van der Waals surface area contributed by atoms with Gasteiger partial charge in [0, 0.05) is 30.9 Å². The first-order chi connectivity index (χ1) is 34.5. The molecule has 0 N–H and O–H groups in total. The number of benzene rings is 6. The Hall–Kier alpha value is -7.09. The van der Waals surface area contributed by atoms with Gasteiger partial charge in [-0.2, -0.15) is 5.26 Å². The molecule has 4 nitrogen and oxygen atoms in total. The molecule has 6 aromatic carbocycles. The monoisotopic (exact) mass is 1010 g/mol. The van der Waals surface area contributed by atoms with Gasteiger partial charge >= 0.3 is 20.1 Å². The van der Waals surface area contributed by atoms with Crippen molar-refractivity contribution in [2.75, 3.05) is 0 Å². The standard InChI is InChI=1S/C59H45N4.Ir/c1-40-14-29-59(63-39-40)49-27-28-54(55(37-49)50-32-41(2)56(38-60)42(3)33-50)53-11-5-4-10-52(53)51-35-45(17-15-43-19-23-47(24-20-43)57-12-6-8-30-61-57)34-46(36-51)18-16-44-21-25-48(26-22-44)58-13-7-9-31-62-58;/h4-14,19-23,25,28-37,39H,15-18H2,1-3H3;/q-3;+3/i1D3,2D3,3D3;. The molecule has 0 amide bonds. The molecular formula is C59H45IrN4. The van der Waals surface area contributed by atoms with E-state index in [4.69, 9.17) is 12.3 Å².